The average Bonchev–Trinajstić information content (AvgIpc) is 2.54. The van der Waals surface area contributed by atoms with Crippen molar-refractivity contribution in [2.24, 2.45) is 0 Å². The maximum absolute atomic E-state index is 11.5. The maximum Gasteiger partial charge on any atom is 0.262 e. The molecular weight excluding hydrogens is 276 g/mol. The van der Waals surface area contributed by atoms with Crippen molar-refractivity contribution < 1.29 is 9.53 Å². The lowest BCUT2D eigenvalue weighted by Crippen LogP contribution is -2.25. The highest BCUT2D eigenvalue weighted by molar-refractivity contribution is 5.96. The van der Waals surface area contributed by atoms with Crippen molar-refractivity contribution >= 4 is 22.5 Å². The summed E-state index contributed by atoms with van der Waals surface area (Å²) in [5, 5.41) is 3.98. The number of anilines is 1. The molecule has 0 bridgehead atoms. The van der Waals surface area contributed by atoms with E-state index in [1.807, 2.05) is 36.4 Å². The molecule has 1 aromatic heterocycles. The lowest BCUT2D eigenvalue weighted by atomic mass is 10.0. The molecule has 1 N–H and O–H groups in total. The molecule has 0 unspecified atom stereocenters. The van der Waals surface area contributed by atoms with E-state index in [0.29, 0.717) is 11.4 Å². The molecule has 0 saturated heterocycles. The van der Waals surface area contributed by atoms with Crippen LogP contribution in [0, 0.1) is 6.92 Å². The fourth-order valence-corrected chi connectivity index (χ4v) is 2.74. The third kappa shape index (κ3) is 2.09. The van der Waals surface area contributed by atoms with Crippen molar-refractivity contribution in [2.75, 3.05) is 11.9 Å². The SMILES string of the molecule is Cc1cc(-c2ccc3c(c2)NC(=O)CO3)nc2ccccc12. The van der Waals surface area contributed by atoms with Crippen molar-refractivity contribution in [3.63, 3.8) is 0 Å². The number of aryl methyl sites for hydroxylation is 1. The van der Waals surface area contributed by atoms with E-state index in [-0.39, 0.29) is 12.5 Å². The highest BCUT2D eigenvalue weighted by Gasteiger charge is 2.16. The molecule has 0 saturated carbocycles. The van der Waals surface area contributed by atoms with Crippen molar-refractivity contribution in [3.05, 3.63) is 54.1 Å². The zero-order valence-electron chi connectivity index (χ0n) is 12.1. The smallest absolute Gasteiger partial charge is 0.262 e. The number of ether oxygens (including phenoxy) is 1. The Bertz CT molecular complexity index is 903. The molecule has 1 aliphatic rings. The third-order valence-corrected chi connectivity index (χ3v) is 3.83. The number of fused-ring (bicyclic) bond motifs is 2. The Labute approximate surface area is 127 Å². The van der Waals surface area contributed by atoms with Gasteiger partial charge in [0.05, 0.1) is 16.9 Å². The molecular formula is C18H14N2O2. The molecule has 4 heteroatoms. The fraction of sp³-hybridized carbons (Fsp3) is 0.111. The van der Waals surface area contributed by atoms with Gasteiger partial charge in [0, 0.05) is 10.9 Å². The van der Waals surface area contributed by atoms with E-state index >= 15 is 0 Å². The zero-order valence-corrected chi connectivity index (χ0v) is 12.1. The number of amides is 1. The summed E-state index contributed by atoms with van der Waals surface area (Å²) in [5.74, 6) is 0.563. The number of para-hydroxylation sites is 1. The van der Waals surface area contributed by atoms with Gasteiger partial charge in [-0.25, -0.2) is 4.98 Å². The van der Waals surface area contributed by atoms with E-state index in [2.05, 4.69) is 24.4 Å². The molecule has 0 atom stereocenters. The average molecular weight is 290 g/mol. The number of nitrogens with zero attached hydrogens (tertiary/aromatic N) is 1. The molecule has 0 fully saturated rings. The van der Waals surface area contributed by atoms with E-state index < -0.39 is 0 Å². The third-order valence-electron chi connectivity index (χ3n) is 3.83. The van der Waals surface area contributed by atoms with Crippen LogP contribution in [0.25, 0.3) is 22.2 Å². The van der Waals surface area contributed by atoms with Crippen molar-refractivity contribution in [3.8, 4) is 17.0 Å². The second kappa shape index (κ2) is 4.84. The second-order valence-electron chi connectivity index (χ2n) is 5.39. The number of carbonyl (C=O) groups excluding carboxylic acids is 1. The number of carbonyl (C=O) groups is 1. The van der Waals surface area contributed by atoms with Gasteiger partial charge in [0.25, 0.3) is 5.91 Å². The van der Waals surface area contributed by atoms with Gasteiger partial charge in [-0.1, -0.05) is 18.2 Å². The molecule has 22 heavy (non-hydrogen) atoms. The number of nitrogens with one attached hydrogen (secondary N) is 1. The minimum absolute atomic E-state index is 0.0691. The summed E-state index contributed by atoms with van der Waals surface area (Å²) in [7, 11) is 0. The molecule has 2 aromatic carbocycles. The van der Waals surface area contributed by atoms with Crippen LogP contribution in [-0.4, -0.2) is 17.5 Å². The van der Waals surface area contributed by atoms with E-state index in [0.717, 1.165) is 22.2 Å². The normalized spacial score (nSPS) is 13.4. The highest BCUT2D eigenvalue weighted by atomic mass is 16.5. The molecule has 2 heterocycles. The lowest BCUT2D eigenvalue weighted by molar-refractivity contribution is -0.118. The van der Waals surface area contributed by atoms with E-state index in [4.69, 9.17) is 9.72 Å². The Kier molecular flexibility index (Phi) is 2.82. The van der Waals surface area contributed by atoms with Gasteiger partial charge in [0.15, 0.2) is 6.61 Å². The minimum Gasteiger partial charge on any atom is -0.482 e. The van der Waals surface area contributed by atoms with Crippen LogP contribution in [0.15, 0.2) is 48.5 Å². The van der Waals surface area contributed by atoms with Crippen LogP contribution >= 0.6 is 0 Å². The van der Waals surface area contributed by atoms with Crippen molar-refractivity contribution in [2.45, 2.75) is 6.92 Å². The Hall–Kier alpha value is -2.88. The summed E-state index contributed by atoms with van der Waals surface area (Å²) >= 11 is 0. The predicted molar refractivity (Wildman–Crippen MR) is 86.0 cm³/mol. The lowest BCUT2D eigenvalue weighted by Gasteiger charge is -2.18. The molecule has 3 aromatic rings. The summed E-state index contributed by atoms with van der Waals surface area (Å²) in [4.78, 5) is 16.2. The van der Waals surface area contributed by atoms with E-state index in [9.17, 15) is 4.79 Å². The molecule has 0 spiro atoms. The Morgan fingerprint density at radius 1 is 1.14 bits per heavy atom. The van der Waals surface area contributed by atoms with Crippen LogP contribution in [-0.2, 0) is 4.79 Å². The molecule has 4 rings (SSSR count). The highest BCUT2D eigenvalue weighted by Crippen LogP contribution is 2.33. The van der Waals surface area contributed by atoms with Crippen molar-refractivity contribution in [1.29, 1.82) is 0 Å². The van der Waals surface area contributed by atoms with E-state index in [1.165, 1.54) is 5.56 Å². The minimum atomic E-state index is -0.132. The maximum atomic E-state index is 11.5. The number of hydrogen-bond donors (Lipinski definition) is 1. The first-order valence-electron chi connectivity index (χ1n) is 7.14. The summed E-state index contributed by atoms with van der Waals surface area (Å²) in [6.45, 7) is 2.15. The fourth-order valence-electron chi connectivity index (χ4n) is 2.74. The summed E-state index contributed by atoms with van der Waals surface area (Å²) in [5.41, 5.74) is 4.69. The Morgan fingerprint density at radius 2 is 2.00 bits per heavy atom. The van der Waals surface area contributed by atoms with Gasteiger partial charge < -0.3 is 10.1 Å². The quantitative estimate of drug-likeness (QED) is 0.745. The molecule has 108 valence electrons. The number of benzene rings is 2. The van der Waals surface area contributed by atoms with Gasteiger partial charge in [-0.15, -0.1) is 0 Å². The van der Waals surface area contributed by atoms with Crippen LogP contribution in [0.4, 0.5) is 5.69 Å². The number of hydrogen-bond acceptors (Lipinski definition) is 3. The molecule has 0 radical (unpaired) electrons. The van der Waals surface area contributed by atoms with E-state index in [1.54, 1.807) is 0 Å². The van der Waals surface area contributed by atoms with Crippen LogP contribution in [0.1, 0.15) is 5.56 Å². The molecule has 0 aliphatic carbocycles. The first kappa shape index (κ1) is 12.8. The summed E-state index contributed by atoms with van der Waals surface area (Å²) in [6, 6.07) is 15.9. The topological polar surface area (TPSA) is 51.2 Å². The van der Waals surface area contributed by atoms with Gasteiger partial charge in [0.1, 0.15) is 5.75 Å². The first-order chi connectivity index (χ1) is 10.7. The van der Waals surface area contributed by atoms with Gasteiger partial charge in [-0.2, -0.15) is 0 Å². The molecule has 1 aliphatic heterocycles. The summed E-state index contributed by atoms with van der Waals surface area (Å²) < 4.78 is 5.39. The number of aromatic nitrogens is 1. The zero-order chi connectivity index (χ0) is 15.1. The molecule has 1 amide bonds. The van der Waals surface area contributed by atoms with Gasteiger partial charge >= 0.3 is 0 Å². The van der Waals surface area contributed by atoms with Gasteiger partial charge in [0.2, 0.25) is 0 Å². The number of rotatable bonds is 1. The van der Waals surface area contributed by atoms with Crippen LogP contribution in [0.2, 0.25) is 0 Å². The van der Waals surface area contributed by atoms with Gasteiger partial charge in [-0.05, 0) is 42.8 Å². The van der Waals surface area contributed by atoms with Crippen LogP contribution in [0.3, 0.4) is 0 Å². The number of pyridine rings is 1. The van der Waals surface area contributed by atoms with Crippen LogP contribution in [0.5, 0.6) is 5.75 Å². The second-order valence-corrected chi connectivity index (χ2v) is 5.39. The Morgan fingerprint density at radius 3 is 2.91 bits per heavy atom. The monoisotopic (exact) mass is 290 g/mol. The first-order valence-corrected chi connectivity index (χ1v) is 7.14. The van der Waals surface area contributed by atoms with Gasteiger partial charge in [-0.3, -0.25) is 4.79 Å². The molecule has 4 nitrogen and oxygen atoms in total. The predicted octanol–water partition coefficient (Wildman–Crippen LogP) is 3.54. The standard InChI is InChI=1S/C18H14N2O2/c1-11-8-15(19-14-5-3-2-4-13(11)14)12-6-7-17-16(9-12)20-18(21)10-22-17/h2-9H,10H2,1H3,(H,20,21). The van der Waals surface area contributed by atoms with Crippen LogP contribution < -0.4 is 10.1 Å². The summed E-state index contributed by atoms with van der Waals surface area (Å²) in [6.07, 6.45) is 0. The largest absolute Gasteiger partial charge is 0.482 e. The Balaban J connectivity index is 1.85. The van der Waals surface area contributed by atoms with Crippen molar-refractivity contribution in [1.82, 2.24) is 4.98 Å².